The average Bonchev–Trinajstić information content (AvgIpc) is 2.27. The molecule has 0 atom stereocenters. The molecule has 19 heavy (non-hydrogen) atoms. The van der Waals surface area contributed by atoms with Crippen molar-refractivity contribution in [3.63, 3.8) is 0 Å². The number of halogens is 1. The molecule has 1 aromatic rings. The van der Waals surface area contributed by atoms with Crippen LogP contribution in [0.25, 0.3) is 0 Å². The standard InChI is InChI=1S/C10H6FNO7/c11-4-1-2-5(6(3-4)12(18)19)8(13)7(9(14)15)10(16)17/h1-3,7H,(H,14,15)(H,16,17). The fourth-order valence-electron chi connectivity index (χ4n) is 1.35. The van der Waals surface area contributed by atoms with Crippen LogP contribution in [-0.4, -0.2) is 32.9 Å². The van der Waals surface area contributed by atoms with E-state index in [1.807, 2.05) is 0 Å². The van der Waals surface area contributed by atoms with E-state index in [1.54, 1.807) is 0 Å². The molecule has 0 aliphatic heterocycles. The number of hydrogen-bond acceptors (Lipinski definition) is 5. The van der Waals surface area contributed by atoms with Gasteiger partial charge in [-0.15, -0.1) is 0 Å². The number of hydrogen-bond donors (Lipinski definition) is 2. The number of carbonyl (C=O) groups is 3. The van der Waals surface area contributed by atoms with Crippen molar-refractivity contribution in [2.75, 3.05) is 0 Å². The van der Waals surface area contributed by atoms with E-state index in [0.29, 0.717) is 18.2 Å². The molecule has 0 amide bonds. The zero-order chi connectivity index (χ0) is 14.7. The van der Waals surface area contributed by atoms with Crippen LogP contribution in [0.15, 0.2) is 18.2 Å². The summed E-state index contributed by atoms with van der Waals surface area (Å²) in [5, 5.41) is 27.9. The van der Waals surface area contributed by atoms with Gasteiger partial charge in [-0.1, -0.05) is 0 Å². The van der Waals surface area contributed by atoms with Crippen LogP contribution < -0.4 is 0 Å². The van der Waals surface area contributed by atoms with Crippen LogP contribution in [-0.2, 0) is 9.59 Å². The highest BCUT2D eigenvalue weighted by atomic mass is 19.1. The summed E-state index contributed by atoms with van der Waals surface area (Å²) in [5.41, 5.74) is -1.77. The van der Waals surface area contributed by atoms with Crippen LogP contribution in [0.5, 0.6) is 0 Å². The second-order valence-electron chi connectivity index (χ2n) is 3.39. The highest BCUT2D eigenvalue weighted by molar-refractivity contribution is 6.21. The number of aliphatic carboxylic acids is 2. The van der Waals surface area contributed by atoms with Crippen molar-refractivity contribution in [3.8, 4) is 0 Å². The van der Waals surface area contributed by atoms with Crippen LogP contribution in [0.4, 0.5) is 10.1 Å². The number of Topliss-reactive ketones (excluding diaryl/α,β-unsaturated/α-hetero) is 1. The summed E-state index contributed by atoms with van der Waals surface area (Å²) in [7, 11) is 0. The molecule has 1 rings (SSSR count). The van der Waals surface area contributed by atoms with Crippen molar-refractivity contribution in [3.05, 3.63) is 39.7 Å². The number of rotatable bonds is 5. The van der Waals surface area contributed by atoms with Gasteiger partial charge in [0.15, 0.2) is 5.78 Å². The number of nitro benzene ring substituents is 1. The van der Waals surface area contributed by atoms with Gasteiger partial charge >= 0.3 is 11.9 Å². The molecule has 9 heteroatoms. The van der Waals surface area contributed by atoms with E-state index in [0.717, 1.165) is 0 Å². The summed E-state index contributed by atoms with van der Waals surface area (Å²) >= 11 is 0. The molecule has 0 aromatic heterocycles. The summed E-state index contributed by atoms with van der Waals surface area (Å²) in [5.74, 6) is -8.91. The highest BCUT2D eigenvalue weighted by Crippen LogP contribution is 2.23. The van der Waals surface area contributed by atoms with Gasteiger partial charge in [-0.05, 0) is 12.1 Å². The minimum atomic E-state index is -2.48. The Balaban J connectivity index is 3.37. The number of carboxylic acid groups (broad SMARTS) is 2. The van der Waals surface area contributed by atoms with Crippen LogP contribution in [0.3, 0.4) is 0 Å². The van der Waals surface area contributed by atoms with Crippen LogP contribution in [0, 0.1) is 21.8 Å². The molecule has 8 nitrogen and oxygen atoms in total. The van der Waals surface area contributed by atoms with Crippen LogP contribution in [0.1, 0.15) is 10.4 Å². The fourth-order valence-corrected chi connectivity index (χ4v) is 1.35. The third kappa shape index (κ3) is 2.89. The zero-order valence-corrected chi connectivity index (χ0v) is 9.07. The highest BCUT2D eigenvalue weighted by Gasteiger charge is 2.37. The Morgan fingerprint density at radius 1 is 1.21 bits per heavy atom. The molecule has 100 valence electrons. The molecule has 1 aromatic carbocycles. The van der Waals surface area contributed by atoms with Crippen molar-refractivity contribution >= 4 is 23.4 Å². The van der Waals surface area contributed by atoms with Crippen molar-refractivity contribution in [1.82, 2.24) is 0 Å². The molecule has 0 unspecified atom stereocenters. The maximum absolute atomic E-state index is 12.8. The first-order valence-electron chi connectivity index (χ1n) is 4.69. The fraction of sp³-hybridized carbons (Fsp3) is 0.100. The first kappa shape index (κ1) is 14.2. The topological polar surface area (TPSA) is 135 Å². The molecule has 0 fully saturated rings. The minimum absolute atomic E-state index is 0.411. The van der Waals surface area contributed by atoms with Crippen molar-refractivity contribution < 1.29 is 33.9 Å². The molecule has 0 saturated carbocycles. The monoisotopic (exact) mass is 271 g/mol. The Kier molecular flexibility index (Phi) is 3.90. The summed E-state index contributed by atoms with van der Waals surface area (Å²) < 4.78 is 12.8. The Morgan fingerprint density at radius 3 is 2.16 bits per heavy atom. The van der Waals surface area contributed by atoms with E-state index in [2.05, 4.69) is 0 Å². The zero-order valence-electron chi connectivity index (χ0n) is 9.07. The number of benzene rings is 1. The van der Waals surface area contributed by atoms with Gasteiger partial charge in [0.05, 0.1) is 16.6 Å². The van der Waals surface area contributed by atoms with Gasteiger partial charge in [0, 0.05) is 0 Å². The molecule has 0 heterocycles. The van der Waals surface area contributed by atoms with E-state index in [-0.39, 0.29) is 0 Å². The molecule has 2 N–H and O–H groups in total. The molecule has 0 spiro atoms. The second kappa shape index (κ2) is 5.21. The Hall–Kier alpha value is -2.84. The van der Waals surface area contributed by atoms with Gasteiger partial charge < -0.3 is 10.2 Å². The van der Waals surface area contributed by atoms with Crippen molar-refractivity contribution in [1.29, 1.82) is 0 Å². The number of nitrogens with zero attached hydrogens (tertiary/aromatic N) is 1. The van der Waals surface area contributed by atoms with Crippen molar-refractivity contribution in [2.45, 2.75) is 0 Å². The Morgan fingerprint density at radius 2 is 1.74 bits per heavy atom. The van der Waals surface area contributed by atoms with E-state index < -0.39 is 45.6 Å². The lowest BCUT2D eigenvalue weighted by Gasteiger charge is -2.06. The molecule has 0 aliphatic carbocycles. The maximum atomic E-state index is 12.8. The van der Waals surface area contributed by atoms with Gasteiger partial charge in [-0.3, -0.25) is 24.5 Å². The SMILES string of the molecule is O=C(O)C(C(=O)O)C(=O)c1ccc(F)cc1[N+](=O)[O-]. The lowest BCUT2D eigenvalue weighted by molar-refractivity contribution is -0.385. The van der Waals surface area contributed by atoms with Crippen molar-refractivity contribution in [2.24, 2.45) is 5.92 Å². The van der Waals surface area contributed by atoms with E-state index >= 15 is 0 Å². The third-order valence-corrected chi connectivity index (χ3v) is 2.18. The molecule has 0 aliphatic rings. The Labute approximate surface area is 104 Å². The first-order valence-corrected chi connectivity index (χ1v) is 4.69. The largest absolute Gasteiger partial charge is 0.480 e. The molecular weight excluding hydrogens is 265 g/mol. The molecule has 0 radical (unpaired) electrons. The van der Waals surface area contributed by atoms with E-state index in [9.17, 15) is 28.9 Å². The van der Waals surface area contributed by atoms with Gasteiger partial charge in [-0.2, -0.15) is 0 Å². The summed E-state index contributed by atoms with van der Waals surface area (Å²) in [4.78, 5) is 42.5. The second-order valence-corrected chi connectivity index (χ2v) is 3.39. The quantitative estimate of drug-likeness (QED) is 0.348. The van der Waals surface area contributed by atoms with E-state index in [1.165, 1.54) is 0 Å². The summed E-state index contributed by atoms with van der Waals surface area (Å²) in [6.45, 7) is 0. The summed E-state index contributed by atoms with van der Waals surface area (Å²) in [6.07, 6.45) is 0. The number of ketones is 1. The number of nitro groups is 1. The number of carboxylic acids is 2. The van der Waals surface area contributed by atoms with Crippen LogP contribution >= 0.6 is 0 Å². The lowest BCUT2D eigenvalue weighted by Crippen LogP contribution is -2.32. The number of carbonyl (C=O) groups excluding carboxylic acids is 1. The minimum Gasteiger partial charge on any atom is -0.480 e. The van der Waals surface area contributed by atoms with Gasteiger partial charge in [0.2, 0.25) is 5.92 Å². The van der Waals surface area contributed by atoms with Crippen LogP contribution in [0.2, 0.25) is 0 Å². The smallest absolute Gasteiger partial charge is 0.325 e. The predicted octanol–water partition coefficient (Wildman–Crippen LogP) is 0.702. The third-order valence-electron chi connectivity index (χ3n) is 2.18. The van der Waals surface area contributed by atoms with Gasteiger partial charge in [-0.25, -0.2) is 4.39 Å². The van der Waals surface area contributed by atoms with Gasteiger partial charge in [0.1, 0.15) is 5.82 Å². The summed E-state index contributed by atoms with van der Waals surface area (Å²) in [6, 6.07) is 1.78. The molecular formula is C10H6FNO7. The normalized spacial score (nSPS) is 10.2. The first-order chi connectivity index (χ1) is 8.75. The van der Waals surface area contributed by atoms with E-state index in [4.69, 9.17) is 10.2 Å². The average molecular weight is 271 g/mol. The van der Waals surface area contributed by atoms with Gasteiger partial charge in [0.25, 0.3) is 5.69 Å². The predicted molar refractivity (Wildman–Crippen MR) is 56.1 cm³/mol. The maximum Gasteiger partial charge on any atom is 0.325 e. The molecule has 0 saturated heterocycles. The molecule has 0 bridgehead atoms. The lowest BCUT2D eigenvalue weighted by atomic mass is 9.96. The Bertz CT molecular complexity index is 569.